The van der Waals surface area contributed by atoms with Gasteiger partial charge in [-0.2, -0.15) is 0 Å². The minimum Gasteiger partial charge on any atom is -0.409 e. The van der Waals surface area contributed by atoms with Gasteiger partial charge in [0.2, 0.25) is 5.91 Å². The van der Waals surface area contributed by atoms with E-state index in [1.54, 1.807) is 11.9 Å². The van der Waals surface area contributed by atoms with E-state index in [1.807, 2.05) is 6.92 Å². The van der Waals surface area contributed by atoms with Gasteiger partial charge in [-0.15, -0.1) is 0 Å². The number of oxime groups is 1. The van der Waals surface area contributed by atoms with Crippen molar-refractivity contribution in [1.82, 2.24) is 10.2 Å². The van der Waals surface area contributed by atoms with E-state index in [-0.39, 0.29) is 23.8 Å². The summed E-state index contributed by atoms with van der Waals surface area (Å²) < 4.78 is 0. The molecule has 0 aromatic heterocycles. The Morgan fingerprint density at radius 1 is 1.87 bits per heavy atom. The predicted octanol–water partition coefficient (Wildman–Crippen LogP) is -0.668. The van der Waals surface area contributed by atoms with Crippen LogP contribution >= 0.6 is 0 Å². The molecule has 0 radical (unpaired) electrons. The highest BCUT2D eigenvalue weighted by molar-refractivity contribution is 5.84. The van der Waals surface area contributed by atoms with Gasteiger partial charge in [0.25, 0.3) is 0 Å². The fraction of sp³-hybridized carbons (Fsp3) is 0.778. The third-order valence-corrected chi connectivity index (χ3v) is 2.56. The highest BCUT2D eigenvalue weighted by Gasteiger charge is 2.29. The zero-order valence-electron chi connectivity index (χ0n) is 9.10. The number of rotatable bonds is 4. The van der Waals surface area contributed by atoms with Gasteiger partial charge in [0, 0.05) is 26.1 Å². The van der Waals surface area contributed by atoms with Crippen molar-refractivity contribution in [2.45, 2.75) is 31.8 Å². The van der Waals surface area contributed by atoms with Crippen LogP contribution in [0, 0.1) is 0 Å². The van der Waals surface area contributed by atoms with Crippen molar-refractivity contribution in [1.29, 1.82) is 0 Å². The second-order valence-electron chi connectivity index (χ2n) is 3.96. The molecule has 1 amide bonds. The summed E-state index contributed by atoms with van der Waals surface area (Å²) in [6.07, 6.45) is 1.25. The summed E-state index contributed by atoms with van der Waals surface area (Å²) in [5.41, 5.74) is 5.37. The van der Waals surface area contributed by atoms with E-state index in [9.17, 15) is 4.79 Å². The van der Waals surface area contributed by atoms with Crippen LogP contribution in [0.3, 0.4) is 0 Å². The molecule has 4 N–H and O–H groups in total. The van der Waals surface area contributed by atoms with E-state index >= 15 is 0 Å². The Morgan fingerprint density at radius 2 is 2.53 bits per heavy atom. The highest BCUT2D eigenvalue weighted by atomic mass is 16.4. The summed E-state index contributed by atoms with van der Waals surface area (Å²) in [6, 6.07) is -0.0992. The third-order valence-electron chi connectivity index (χ3n) is 2.56. The third kappa shape index (κ3) is 3.09. The molecule has 0 aromatic carbocycles. The van der Waals surface area contributed by atoms with Gasteiger partial charge in [-0.1, -0.05) is 5.16 Å². The number of likely N-dealkylation sites (tertiary alicyclic amines) is 1. The molecule has 1 rings (SSSR count). The Labute approximate surface area is 89.1 Å². The first-order valence-electron chi connectivity index (χ1n) is 5.02. The van der Waals surface area contributed by atoms with Crippen LogP contribution < -0.4 is 11.1 Å². The van der Waals surface area contributed by atoms with Crippen molar-refractivity contribution in [2.75, 3.05) is 13.6 Å². The zero-order chi connectivity index (χ0) is 11.4. The van der Waals surface area contributed by atoms with Gasteiger partial charge in [0.15, 0.2) is 0 Å². The van der Waals surface area contributed by atoms with E-state index in [0.29, 0.717) is 6.42 Å². The molecule has 0 saturated carbocycles. The molecule has 0 spiro atoms. The van der Waals surface area contributed by atoms with Crippen LogP contribution in [0.15, 0.2) is 5.16 Å². The molecule has 86 valence electrons. The molecule has 0 bridgehead atoms. The maximum Gasteiger partial charge on any atom is 0.239 e. The Kier molecular flexibility index (Phi) is 3.90. The monoisotopic (exact) mass is 214 g/mol. The van der Waals surface area contributed by atoms with Crippen molar-refractivity contribution >= 4 is 11.7 Å². The van der Waals surface area contributed by atoms with Gasteiger partial charge in [-0.3, -0.25) is 4.79 Å². The van der Waals surface area contributed by atoms with Crippen LogP contribution in [-0.4, -0.2) is 47.5 Å². The first-order valence-corrected chi connectivity index (χ1v) is 5.02. The standard InChI is InChI=1S/C9H18N4O2/c1-6(5-8(10)12-15)11-7-3-4-13(2)9(7)14/h6-7,11,15H,3-5H2,1-2H3,(H2,10,12). The minimum absolute atomic E-state index is 0.0290. The molecule has 1 aliphatic rings. The summed E-state index contributed by atoms with van der Waals surface area (Å²) in [5.74, 6) is 0.287. The van der Waals surface area contributed by atoms with Crippen molar-refractivity contribution in [2.24, 2.45) is 10.9 Å². The van der Waals surface area contributed by atoms with Gasteiger partial charge < -0.3 is 21.2 Å². The fourth-order valence-electron chi connectivity index (χ4n) is 1.73. The van der Waals surface area contributed by atoms with Crippen molar-refractivity contribution in [3.8, 4) is 0 Å². The minimum atomic E-state index is -0.128. The number of nitrogens with two attached hydrogens (primary N) is 1. The van der Waals surface area contributed by atoms with E-state index in [4.69, 9.17) is 10.9 Å². The van der Waals surface area contributed by atoms with Crippen LogP contribution in [0.1, 0.15) is 19.8 Å². The predicted molar refractivity (Wildman–Crippen MR) is 56.7 cm³/mol. The number of nitrogens with one attached hydrogen (secondary N) is 1. The Morgan fingerprint density at radius 3 is 3.00 bits per heavy atom. The summed E-state index contributed by atoms with van der Waals surface area (Å²) >= 11 is 0. The Hall–Kier alpha value is -1.30. The second kappa shape index (κ2) is 4.97. The van der Waals surface area contributed by atoms with Crippen LogP contribution in [0.2, 0.25) is 0 Å². The van der Waals surface area contributed by atoms with E-state index in [1.165, 1.54) is 0 Å². The van der Waals surface area contributed by atoms with Gasteiger partial charge >= 0.3 is 0 Å². The number of carbonyl (C=O) groups is 1. The maximum absolute atomic E-state index is 11.5. The summed E-state index contributed by atoms with van der Waals surface area (Å²) in [7, 11) is 1.79. The molecule has 2 atom stereocenters. The average molecular weight is 214 g/mol. The molecular weight excluding hydrogens is 196 g/mol. The number of nitrogens with zero attached hydrogens (tertiary/aromatic N) is 2. The van der Waals surface area contributed by atoms with Gasteiger partial charge in [0.05, 0.1) is 6.04 Å². The van der Waals surface area contributed by atoms with Crippen molar-refractivity contribution in [3.63, 3.8) is 0 Å². The quantitative estimate of drug-likeness (QED) is 0.250. The van der Waals surface area contributed by atoms with Crippen LogP contribution in [-0.2, 0) is 4.79 Å². The number of hydrogen-bond donors (Lipinski definition) is 3. The first kappa shape index (κ1) is 11.8. The lowest BCUT2D eigenvalue weighted by Crippen LogP contribution is -2.43. The molecule has 0 aliphatic carbocycles. The molecule has 6 heteroatoms. The molecule has 6 nitrogen and oxygen atoms in total. The molecule has 2 unspecified atom stereocenters. The summed E-state index contributed by atoms with van der Waals surface area (Å²) in [5, 5.41) is 14.5. The number of amides is 1. The van der Waals surface area contributed by atoms with Gasteiger partial charge in [0.1, 0.15) is 5.84 Å². The second-order valence-corrected chi connectivity index (χ2v) is 3.96. The maximum atomic E-state index is 11.5. The lowest BCUT2D eigenvalue weighted by molar-refractivity contribution is -0.128. The Bertz CT molecular complexity index is 267. The van der Waals surface area contributed by atoms with Crippen molar-refractivity contribution in [3.05, 3.63) is 0 Å². The van der Waals surface area contributed by atoms with Crippen molar-refractivity contribution < 1.29 is 10.0 Å². The molecule has 15 heavy (non-hydrogen) atoms. The lowest BCUT2D eigenvalue weighted by atomic mass is 10.1. The average Bonchev–Trinajstić information content (AvgIpc) is 2.49. The summed E-state index contributed by atoms with van der Waals surface area (Å²) in [6.45, 7) is 2.69. The van der Waals surface area contributed by atoms with E-state index in [0.717, 1.165) is 13.0 Å². The fourth-order valence-corrected chi connectivity index (χ4v) is 1.73. The normalized spacial score (nSPS) is 24.7. The topological polar surface area (TPSA) is 90.9 Å². The number of likely N-dealkylation sites (N-methyl/N-ethyl adjacent to an activating group) is 1. The number of carbonyl (C=O) groups excluding carboxylic acids is 1. The summed E-state index contributed by atoms with van der Waals surface area (Å²) in [4.78, 5) is 13.3. The van der Waals surface area contributed by atoms with Gasteiger partial charge in [-0.25, -0.2) is 0 Å². The van der Waals surface area contributed by atoms with Gasteiger partial charge in [-0.05, 0) is 13.3 Å². The molecular formula is C9H18N4O2. The van der Waals surface area contributed by atoms with E-state index in [2.05, 4.69) is 10.5 Å². The lowest BCUT2D eigenvalue weighted by Gasteiger charge is -2.17. The van der Waals surface area contributed by atoms with E-state index < -0.39 is 0 Å². The molecule has 1 aliphatic heterocycles. The smallest absolute Gasteiger partial charge is 0.239 e. The Balaban J connectivity index is 2.39. The van der Waals surface area contributed by atoms with Crippen LogP contribution in [0.25, 0.3) is 0 Å². The zero-order valence-corrected chi connectivity index (χ0v) is 9.10. The molecule has 0 aromatic rings. The number of amidine groups is 1. The highest BCUT2D eigenvalue weighted by Crippen LogP contribution is 2.09. The van der Waals surface area contributed by atoms with Crippen LogP contribution in [0.5, 0.6) is 0 Å². The molecule has 1 fully saturated rings. The first-order chi connectivity index (χ1) is 7.04. The largest absolute Gasteiger partial charge is 0.409 e. The molecule has 1 saturated heterocycles. The molecule has 1 heterocycles. The van der Waals surface area contributed by atoms with Crippen LogP contribution in [0.4, 0.5) is 0 Å². The SMILES string of the molecule is CC(CC(N)=NO)NC1CCN(C)C1=O. The number of hydrogen-bond acceptors (Lipinski definition) is 4.